The zero-order valence-corrected chi connectivity index (χ0v) is 12.7. The molecule has 0 bridgehead atoms. The number of carbonyl (C=O) groups is 1. The molecule has 0 N–H and O–H groups in total. The Bertz CT molecular complexity index is 313. The van der Waals surface area contributed by atoms with Crippen LogP contribution in [-0.2, 0) is 14.3 Å². The number of hydrogen-bond acceptors (Lipinski definition) is 3. The van der Waals surface area contributed by atoms with Crippen LogP contribution in [-0.4, -0.2) is 24.8 Å². The molecule has 5 unspecified atom stereocenters. The average molecular weight is 268 g/mol. The Morgan fingerprint density at radius 2 is 1.95 bits per heavy atom. The quantitative estimate of drug-likeness (QED) is 0.547. The first-order valence-electron chi connectivity index (χ1n) is 7.79. The molecule has 0 aromatic rings. The van der Waals surface area contributed by atoms with Gasteiger partial charge in [0, 0.05) is 0 Å². The van der Waals surface area contributed by atoms with Gasteiger partial charge in [0.05, 0.1) is 24.7 Å². The molecule has 0 aromatic carbocycles. The third-order valence-electron chi connectivity index (χ3n) is 4.64. The molecule has 19 heavy (non-hydrogen) atoms. The lowest BCUT2D eigenvalue weighted by Gasteiger charge is -2.23. The summed E-state index contributed by atoms with van der Waals surface area (Å²) in [5.74, 6) is 1.53. The van der Waals surface area contributed by atoms with Gasteiger partial charge in [0.1, 0.15) is 0 Å². The van der Waals surface area contributed by atoms with E-state index >= 15 is 0 Å². The molecule has 0 amide bonds. The first-order valence-corrected chi connectivity index (χ1v) is 7.79. The van der Waals surface area contributed by atoms with Crippen LogP contribution < -0.4 is 0 Å². The van der Waals surface area contributed by atoms with Crippen LogP contribution in [0.4, 0.5) is 0 Å². The summed E-state index contributed by atoms with van der Waals surface area (Å²) in [7, 11) is 0. The van der Waals surface area contributed by atoms with E-state index in [1.165, 1.54) is 0 Å². The molecule has 1 saturated heterocycles. The molecule has 2 aliphatic rings. The standard InChI is InChI=1S/C16H28O3/c1-10(2)7-11(3)12(4)16(17)18-9-13-5-6-14-15(8-13)19-14/h10-15H,5-9H2,1-4H3. The first kappa shape index (κ1) is 14.8. The van der Waals surface area contributed by atoms with E-state index in [4.69, 9.17) is 9.47 Å². The molecule has 2 rings (SSSR count). The molecular weight excluding hydrogens is 240 g/mol. The highest BCUT2D eigenvalue weighted by molar-refractivity contribution is 5.72. The number of rotatable bonds is 6. The highest BCUT2D eigenvalue weighted by Gasteiger charge is 2.44. The Morgan fingerprint density at radius 3 is 2.58 bits per heavy atom. The minimum atomic E-state index is -0.0213. The number of ether oxygens (including phenoxy) is 2. The van der Waals surface area contributed by atoms with Crippen molar-refractivity contribution < 1.29 is 14.3 Å². The van der Waals surface area contributed by atoms with Gasteiger partial charge in [-0.15, -0.1) is 0 Å². The maximum atomic E-state index is 12.0. The molecule has 0 aromatic heterocycles. The van der Waals surface area contributed by atoms with E-state index in [-0.39, 0.29) is 11.9 Å². The number of epoxide rings is 1. The molecular formula is C16H28O3. The van der Waals surface area contributed by atoms with Gasteiger partial charge in [0.15, 0.2) is 0 Å². The van der Waals surface area contributed by atoms with Crippen molar-refractivity contribution in [3.8, 4) is 0 Å². The Morgan fingerprint density at radius 1 is 1.21 bits per heavy atom. The summed E-state index contributed by atoms with van der Waals surface area (Å²) in [5.41, 5.74) is 0. The highest BCUT2D eigenvalue weighted by atomic mass is 16.6. The third-order valence-corrected chi connectivity index (χ3v) is 4.64. The summed E-state index contributed by atoms with van der Waals surface area (Å²) in [6, 6.07) is 0. The molecule has 1 heterocycles. The Kier molecular flexibility index (Phi) is 4.88. The molecule has 1 aliphatic heterocycles. The van der Waals surface area contributed by atoms with E-state index in [0.29, 0.717) is 36.6 Å². The number of carbonyl (C=O) groups excluding carboxylic acids is 1. The fraction of sp³-hybridized carbons (Fsp3) is 0.938. The molecule has 0 radical (unpaired) electrons. The molecule has 3 nitrogen and oxygen atoms in total. The lowest BCUT2D eigenvalue weighted by Crippen LogP contribution is -2.26. The highest BCUT2D eigenvalue weighted by Crippen LogP contribution is 2.39. The molecule has 1 aliphatic carbocycles. The van der Waals surface area contributed by atoms with Crippen LogP contribution in [0, 0.1) is 23.7 Å². The van der Waals surface area contributed by atoms with Crippen molar-refractivity contribution in [3.05, 3.63) is 0 Å². The third kappa shape index (κ3) is 4.20. The van der Waals surface area contributed by atoms with Crippen LogP contribution in [0.15, 0.2) is 0 Å². The lowest BCUT2D eigenvalue weighted by molar-refractivity contribution is -0.151. The van der Waals surface area contributed by atoms with Crippen LogP contribution in [0.2, 0.25) is 0 Å². The average Bonchev–Trinajstić information content (AvgIpc) is 3.12. The molecule has 3 heteroatoms. The van der Waals surface area contributed by atoms with Gasteiger partial charge in [0.2, 0.25) is 0 Å². The zero-order valence-electron chi connectivity index (χ0n) is 12.7. The van der Waals surface area contributed by atoms with Crippen molar-refractivity contribution in [3.63, 3.8) is 0 Å². The summed E-state index contributed by atoms with van der Waals surface area (Å²) < 4.78 is 11.0. The summed E-state index contributed by atoms with van der Waals surface area (Å²) in [6.07, 6.45) is 5.44. The maximum Gasteiger partial charge on any atom is 0.308 e. The first-order chi connectivity index (χ1) is 8.97. The molecule has 1 saturated carbocycles. The number of hydrogen-bond donors (Lipinski definition) is 0. The van der Waals surface area contributed by atoms with Crippen molar-refractivity contribution in [2.75, 3.05) is 6.61 Å². The fourth-order valence-corrected chi connectivity index (χ4v) is 3.15. The summed E-state index contributed by atoms with van der Waals surface area (Å²) in [5, 5.41) is 0. The largest absolute Gasteiger partial charge is 0.465 e. The van der Waals surface area contributed by atoms with Crippen LogP contribution in [0.3, 0.4) is 0 Å². The minimum absolute atomic E-state index is 0.0101. The van der Waals surface area contributed by atoms with Gasteiger partial charge in [0.25, 0.3) is 0 Å². The second-order valence-electron chi connectivity index (χ2n) is 6.92. The Balaban J connectivity index is 1.68. The van der Waals surface area contributed by atoms with Gasteiger partial charge >= 0.3 is 5.97 Å². The van der Waals surface area contributed by atoms with Gasteiger partial charge in [-0.25, -0.2) is 0 Å². The Hall–Kier alpha value is -0.570. The van der Waals surface area contributed by atoms with Crippen molar-refractivity contribution >= 4 is 5.97 Å². The predicted octanol–water partition coefficient (Wildman–Crippen LogP) is 3.42. The van der Waals surface area contributed by atoms with Gasteiger partial charge < -0.3 is 9.47 Å². The molecule has 2 fully saturated rings. The van der Waals surface area contributed by atoms with Gasteiger partial charge in [-0.05, 0) is 43.4 Å². The topological polar surface area (TPSA) is 38.8 Å². The van der Waals surface area contributed by atoms with Crippen LogP contribution in [0.1, 0.15) is 53.4 Å². The van der Waals surface area contributed by atoms with Crippen molar-refractivity contribution in [2.24, 2.45) is 23.7 Å². The van der Waals surface area contributed by atoms with E-state index in [1.54, 1.807) is 0 Å². The van der Waals surface area contributed by atoms with Crippen molar-refractivity contribution in [1.82, 2.24) is 0 Å². The zero-order chi connectivity index (χ0) is 14.0. The lowest BCUT2D eigenvalue weighted by atomic mass is 9.88. The second kappa shape index (κ2) is 6.25. The minimum Gasteiger partial charge on any atom is -0.465 e. The van der Waals surface area contributed by atoms with E-state index in [1.807, 2.05) is 6.92 Å². The second-order valence-corrected chi connectivity index (χ2v) is 6.92. The Labute approximate surface area is 117 Å². The smallest absolute Gasteiger partial charge is 0.308 e. The van der Waals surface area contributed by atoms with Crippen LogP contribution >= 0.6 is 0 Å². The SMILES string of the molecule is CC(C)CC(C)C(C)C(=O)OCC1CCC2OC2C1. The monoisotopic (exact) mass is 268 g/mol. The van der Waals surface area contributed by atoms with E-state index in [9.17, 15) is 4.79 Å². The van der Waals surface area contributed by atoms with E-state index < -0.39 is 0 Å². The number of esters is 1. The predicted molar refractivity (Wildman–Crippen MR) is 74.7 cm³/mol. The normalized spacial score (nSPS) is 32.6. The van der Waals surface area contributed by atoms with E-state index in [0.717, 1.165) is 25.7 Å². The van der Waals surface area contributed by atoms with Gasteiger partial charge in [-0.3, -0.25) is 4.79 Å². The summed E-state index contributed by atoms with van der Waals surface area (Å²) in [4.78, 5) is 12.0. The van der Waals surface area contributed by atoms with Crippen molar-refractivity contribution in [2.45, 2.75) is 65.6 Å². The fourth-order valence-electron chi connectivity index (χ4n) is 3.15. The van der Waals surface area contributed by atoms with Crippen LogP contribution in [0.25, 0.3) is 0 Å². The summed E-state index contributed by atoms with van der Waals surface area (Å²) in [6.45, 7) is 9.13. The maximum absolute atomic E-state index is 12.0. The molecule has 110 valence electrons. The molecule has 0 spiro atoms. The van der Waals surface area contributed by atoms with E-state index in [2.05, 4.69) is 20.8 Å². The molecule has 5 atom stereocenters. The number of fused-ring (bicyclic) bond motifs is 1. The van der Waals surface area contributed by atoms with Crippen molar-refractivity contribution in [1.29, 1.82) is 0 Å². The summed E-state index contributed by atoms with van der Waals surface area (Å²) >= 11 is 0. The van der Waals surface area contributed by atoms with Crippen LogP contribution in [0.5, 0.6) is 0 Å². The van der Waals surface area contributed by atoms with Gasteiger partial charge in [-0.2, -0.15) is 0 Å². The van der Waals surface area contributed by atoms with Gasteiger partial charge in [-0.1, -0.05) is 27.7 Å².